The number of amidine groups is 1. The number of rotatable bonds is 8. The van der Waals surface area contributed by atoms with Crippen LogP contribution < -0.4 is 0 Å². The molecule has 0 unspecified atom stereocenters. The molecule has 3 nitrogen and oxygen atoms in total. The van der Waals surface area contributed by atoms with Gasteiger partial charge in [0.05, 0.1) is 0 Å². The zero-order valence-corrected chi connectivity index (χ0v) is 25.6. The molecule has 2 aromatic rings. The van der Waals surface area contributed by atoms with E-state index in [1.165, 1.54) is 25.7 Å². The average Bonchev–Trinajstić information content (AvgIpc) is 2.80. The Kier molecular flexibility index (Phi) is 11.1. The summed E-state index contributed by atoms with van der Waals surface area (Å²) in [7, 11) is 0. The van der Waals surface area contributed by atoms with E-state index >= 15 is 0 Å². The molecule has 0 radical (unpaired) electrons. The van der Waals surface area contributed by atoms with E-state index in [0.29, 0.717) is 26.1 Å². The molecule has 165 valence electrons. The molecule has 1 aliphatic rings. The summed E-state index contributed by atoms with van der Waals surface area (Å²) in [6.07, 6.45) is 4.85. The Morgan fingerprint density at radius 2 is 1.50 bits per heavy atom. The van der Waals surface area contributed by atoms with Crippen molar-refractivity contribution in [2.24, 2.45) is 4.99 Å². The molecule has 1 aliphatic heterocycles. The van der Waals surface area contributed by atoms with Crippen molar-refractivity contribution in [3.63, 3.8) is 0 Å². The molecule has 0 atom stereocenters. The van der Waals surface area contributed by atoms with Gasteiger partial charge in [-0.3, -0.25) is 0 Å². The maximum Gasteiger partial charge on any atom is 0.129 e. The number of Topliss-reactive ketones (excluding diaryl/α,β-unsaturated/α-hetero) is 1. The molecule has 4 heteroatoms. The Morgan fingerprint density at radius 3 is 1.88 bits per heavy atom. The monoisotopic (exact) mass is 617 g/mol. The van der Waals surface area contributed by atoms with Crippen LogP contribution in [0.15, 0.2) is 89.2 Å². The van der Waals surface area contributed by atoms with Crippen LogP contribution in [0.25, 0.3) is 0 Å². The molecule has 32 heavy (non-hydrogen) atoms. The molecular weight excluding hydrogens is 581 g/mol. The van der Waals surface area contributed by atoms with Gasteiger partial charge in [0, 0.05) is 6.42 Å². The SMILES string of the molecule is C=C1C(CCC)=C(CC)N=[C]([Hg])N1C(c1ccccc1)c1ccccc1.CCCC(C)=O. The molecule has 0 saturated heterocycles. The van der Waals surface area contributed by atoms with Crippen molar-refractivity contribution in [1.82, 2.24) is 4.90 Å². The van der Waals surface area contributed by atoms with Crippen molar-refractivity contribution in [3.05, 3.63) is 95.3 Å². The third kappa shape index (κ3) is 7.00. The molecule has 0 saturated carbocycles. The second-order valence-electron chi connectivity index (χ2n) is 8.05. The van der Waals surface area contributed by atoms with Crippen molar-refractivity contribution < 1.29 is 30.9 Å². The fourth-order valence-electron chi connectivity index (χ4n) is 3.99. The smallest absolute Gasteiger partial charge is 0.129 e. The quantitative estimate of drug-likeness (QED) is 0.291. The van der Waals surface area contributed by atoms with Crippen LogP contribution in [0.4, 0.5) is 0 Å². The van der Waals surface area contributed by atoms with E-state index in [1.54, 1.807) is 6.92 Å². The number of ketones is 1. The van der Waals surface area contributed by atoms with Crippen molar-refractivity contribution in [2.45, 2.75) is 65.8 Å². The van der Waals surface area contributed by atoms with Gasteiger partial charge in [-0.15, -0.1) is 0 Å². The summed E-state index contributed by atoms with van der Waals surface area (Å²) in [6.45, 7) is 12.6. The molecule has 0 amide bonds. The van der Waals surface area contributed by atoms with E-state index in [-0.39, 0.29) is 11.8 Å². The number of carbonyl (C=O) groups is 1. The molecule has 0 fully saturated rings. The van der Waals surface area contributed by atoms with Crippen LogP contribution in [-0.2, 0) is 30.9 Å². The van der Waals surface area contributed by atoms with Crippen LogP contribution >= 0.6 is 0 Å². The summed E-state index contributed by atoms with van der Waals surface area (Å²) >= 11 is 0.408. The third-order valence-electron chi connectivity index (χ3n) is 5.46. The maximum absolute atomic E-state index is 10.0. The summed E-state index contributed by atoms with van der Waals surface area (Å²) < 4.78 is 1.21. The van der Waals surface area contributed by atoms with Gasteiger partial charge >= 0.3 is 174 Å². The number of benzene rings is 2. The molecule has 2 aromatic carbocycles. The van der Waals surface area contributed by atoms with Gasteiger partial charge in [0.2, 0.25) is 0 Å². The molecule has 3 rings (SSSR count). The van der Waals surface area contributed by atoms with Crippen molar-refractivity contribution in [1.29, 1.82) is 0 Å². The van der Waals surface area contributed by atoms with E-state index in [4.69, 9.17) is 4.99 Å². The number of hydrogen-bond donors (Lipinski definition) is 0. The first-order valence-corrected chi connectivity index (χ1v) is 14.4. The summed E-state index contributed by atoms with van der Waals surface area (Å²) in [4.78, 5) is 17.5. The van der Waals surface area contributed by atoms with Crippen LogP contribution in [0.1, 0.15) is 77.0 Å². The van der Waals surface area contributed by atoms with Crippen LogP contribution in [0.2, 0.25) is 0 Å². The predicted octanol–water partition coefficient (Wildman–Crippen LogP) is 7.35. The standard InChI is InChI=1S/C23H25N2.C5H10O.Hg/c1-4-12-21-18(3)25(17-24-22(21)5-2)23(19-13-8-6-9-14-19)20-15-10-7-11-16-20;1-3-4-5(2)6;/h6-11,13-16,23H,3-5,12H2,1-2H3;3-4H2,1-2H3;. The zero-order chi connectivity index (χ0) is 23.5. The van der Waals surface area contributed by atoms with Gasteiger partial charge in [0.1, 0.15) is 5.78 Å². The molecule has 0 spiro atoms. The molecule has 0 bridgehead atoms. The van der Waals surface area contributed by atoms with E-state index in [2.05, 4.69) is 86.0 Å². The van der Waals surface area contributed by atoms with Gasteiger partial charge in [-0.25, -0.2) is 0 Å². The predicted molar refractivity (Wildman–Crippen MR) is 131 cm³/mol. The first kappa shape index (κ1) is 26.2. The normalized spacial score (nSPS) is 13.7. The number of nitrogens with zero attached hydrogens (tertiary/aromatic N) is 2. The summed E-state index contributed by atoms with van der Waals surface area (Å²) in [6, 6.07) is 21.6. The second-order valence-corrected chi connectivity index (χ2v) is 10.5. The average molecular weight is 616 g/mol. The largest absolute Gasteiger partial charge is 0.300 e. The first-order valence-electron chi connectivity index (χ1n) is 11.6. The van der Waals surface area contributed by atoms with Crippen LogP contribution in [-0.4, -0.2) is 14.0 Å². The number of hydrogen-bond acceptors (Lipinski definition) is 3. The third-order valence-corrected chi connectivity index (χ3v) is 7.39. The van der Waals surface area contributed by atoms with Gasteiger partial charge in [-0.2, -0.15) is 0 Å². The Bertz CT molecular complexity index is 908. The molecule has 0 aromatic heterocycles. The summed E-state index contributed by atoms with van der Waals surface area (Å²) in [5.41, 5.74) is 6.28. The maximum atomic E-state index is 10.0. The first-order chi connectivity index (χ1) is 15.4. The van der Waals surface area contributed by atoms with Crippen molar-refractivity contribution in [2.75, 3.05) is 0 Å². The van der Waals surface area contributed by atoms with E-state index < -0.39 is 0 Å². The Balaban J connectivity index is 0.000000534. The van der Waals surface area contributed by atoms with Gasteiger partial charge in [-0.05, 0) is 13.3 Å². The molecule has 1 heterocycles. The Morgan fingerprint density at radius 1 is 0.969 bits per heavy atom. The van der Waals surface area contributed by atoms with E-state index in [0.717, 1.165) is 37.8 Å². The minimum Gasteiger partial charge on any atom is -0.300 e. The number of aliphatic imine (C=N–C) groups is 1. The Labute approximate surface area is 210 Å². The fraction of sp³-hybridized carbons (Fsp3) is 0.357. The zero-order valence-electron chi connectivity index (χ0n) is 20.1. The van der Waals surface area contributed by atoms with Gasteiger partial charge < -0.3 is 4.79 Å². The van der Waals surface area contributed by atoms with Gasteiger partial charge in [0.25, 0.3) is 0 Å². The van der Waals surface area contributed by atoms with Gasteiger partial charge in [-0.1, -0.05) is 6.92 Å². The van der Waals surface area contributed by atoms with Crippen LogP contribution in [0, 0.1) is 0 Å². The van der Waals surface area contributed by atoms with E-state index in [9.17, 15) is 4.79 Å². The Hall–Kier alpha value is -2.00. The summed E-state index contributed by atoms with van der Waals surface area (Å²) in [5.74, 6) is 0.289. The topological polar surface area (TPSA) is 32.7 Å². The minimum absolute atomic E-state index is 0.131. The molecular formula is C28H35HgN2O. The van der Waals surface area contributed by atoms with Gasteiger partial charge in [0.15, 0.2) is 0 Å². The van der Waals surface area contributed by atoms with Crippen LogP contribution in [0.5, 0.6) is 0 Å². The minimum atomic E-state index is 0.131. The van der Waals surface area contributed by atoms with Crippen molar-refractivity contribution in [3.8, 4) is 0 Å². The van der Waals surface area contributed by atoms with Crippen molar-refractivity contribution >= 4 is 9.13 Å². The fourth-order valence-corrected chi connectivity index (χ4v) is 6.19. The number of allylic oxidation sites excluding steroid dienone is 2. The van der Waals surface area contributed by atoms with E-state index in [1.807, 2.05) is 6.92 Å². The second kappa shape index (κ2) is 13.5. The number of carbonyl (C=O) groups excluding carboxylic acids is 1. The molecule has 0 aliphatic carbocycles. The summed E-state index contributed by atoms with van der Waals surface area (Å²) in [5, 5.41) is 0. The molecule has 0 N–H and O–H groups in total. The van der Waals surface area contributed by atoms with Crippen LogP contribution in [0.3, 0.4) is 0 Å².